The third-order valence-corrected chi connectivity index (χ3v) is 4.48. The van der Waals surface area contributed by atoms with Gasteiger partial charge in [0, 0.05) is 12.9 Å². The van der Waals surface area contributed by atoms with Crippen LogP contribution in [0.2, 0.25) is 0 Å². The van der Waals surface area contributed by atoms with E-state index in [9.17, 15) is 0 Å². The molecule has 0 radical (unpaired) electrons. The minimum atomic E-state index is 0.711. The molecule has 0 heterocycles. The van der Waals surface area contributed by atoms with Crippen LogP contribution in [-0.2, 0) is 9.47 Å². The van der Waals surface area contributed by atoms with Crippen molar-refractivity contribution in [1.82, 2.24) is 0 Å². The van der Waals surface area contributed by atoms with Crippen LogP contribution in [0, 0.1) is 0 Å². The summed E-state index contributed by atoms with van der Waals surface area (Å²) in [5, 5.41) is 0. The molecule has 0 N–H and O–H groups in total. The molecule has 0 aliphatic heterocycles. The minimum absolute atomic E-state index is 0.711. The minimum Gasteiger partial charge on any atom is -0.382 e. The van der Waals surface area contributed by atoms with Gasteiger partial charge in [0.25, 0.3) is 0 Å². The highest BCUT2D eigenvalue weighted by atomic mass is 32.2. The average Bonchev–Trinajstić information content (AvgIpc) is 2.47. The highest BCUT2D eigenvalue weighted by molar-refractivity contribution is 7.99. The Hall–Kier alpha value is 0.270. The number of unbranched alkanes of at least 4 members (excludes halogenated alkanes) is 9. The second-order valence-electron chi connectivity index (χ2n) is 5.40. The van der Waals surface area contributed by atoms with Crippen LogP contribution in [0.5, 0.6) is 0 Å². The molecule has 3 heteroatoms. The molecule has 0 amide bonds. The van der Waals surface area contributed by atoms with Crippen molar-refractivity contribution >= 4 is 11.8 Å². The van der Waals surface area contributed by atoms with E-state index in [1.54, 1.807) is 7.11 Å². The first-order chi connectivity index (χ1) is 9.91. The van der Waals surface area contributed by atoms with E-state index < -0.39 is 0 Å². The second kappa shape index (κ2) is 19.3. The zero-order valence-electron chi connectivity index (χ0n) is 13.8. The molecule has 0 aliphatic carbocycles. The Bertz CT molecular complexity index is 147. The van der Waals surface area contributed by atoms with Gasteiger partial charge in [0.2, 0.25) is 0 Å². The summed E-state index contributed by atoms with van der Waals surface area (Å²) in [6, 6.07) is 0. The van der Waals surface area contributed by atoms with E-state index in [1.165, 1.54) is 70.0 Å². The molecule has 0 aliphatic rings. The molecule has 0 aromatic carbocycles. The van der Waals surface area contributed by atoms with Crippen LogP contribution in [0.1, 0.15) is 71.1 Å². The summed E-state index contributed by atoms with van der Waals surface area (Å²) >= 11 is 2.02. The van der Waals surface area contributed by atoms with Gasteiger partial charge in [-0.05, 0) is 12.2 Å². The van der Waals surface area contributed by atoms with Crippen molar-refractivity contribution in [1.29, 1.82) is 0 Å². The third-order valence-electron chi connectivity index (χ3n) is 3.45. The second-order valence-corrected chi connectivity index (χ2v) is 6.62. The summed E-state index contributed by atoms with van der Waals surface area (Å²) in [5.41, 5.74) is 0. The molecule has 122 valence electrons. The normalized spacial score (nSPS) is 11.1. The molecule has 0 bridgehead atoms. The maximum absolute atomic E-state index is 5.43. The molecule has 20 heavy (non-hydrogen) atoms. The lowest BCUT2D eigenvalue weighted by atomic mass is 10.1. The number of rotatable bonds is 17. The van der Waals surface area contributed by atoms with Gasteiger partial charge < -0.3 is 9.47 Å². The molecule has 0 aromatic rings. The summed E-state index contributed by atoms with van der Waals surface area (Å²) in [7, 11) is 1.71. The van der Waals surface area contributed by atoms with Crippen molar-refractivity contribution in [2.45, 2.75) is 71.1 Å². The monoisotopic (exact) mass is 304 g/mol. The van der Waals surface area contributed by atoms with Crippen LogP contribution in [0.15, 0.2) is 0 Å². The number of hydrogen-bond acceptors (Lipinski definition) is 3. The Morgan fingerprint density at radius 2 is 1.25 bits per heavy atom. The van der Waals surface area contributed by atoms with E-state index in [-0.39, 0.29) is 0 Å². The molecule has 0 saturated carbocycles. The van der Waals surface area contributed by atoms with E-state index in [2.05, 4.69) is 6.92 Å². The maximum Gasteiger partial charge on any atom is 0.0700 e. The zero-order valence-corrected chi connectivity index (χ0v) is 14.6. The fourth-order valence-corrected chi connectivity index (χ4v) is 3.00. The molecule has 0 unspecified atom stereocenters. The quantitative estimate of drug-likeness (QED) is 0.340. The standard InChI is InChI=1S/C17H36O2S/c1-3-4-5-6-7-8-9-10-11-12-16-20-17-15-19-14-13-18-2/h3-17H2,1-2H3. The van der Waals surface area contributed by atoms with Gasteiger partial charge in [0.05, 0.1) is 19.8 Å². The predicted octanol–water partition coefficient (Wildman–Crippen LogP) is 5.30. The average molecular weight is 305 g/mol. The molecule has 0 atom stereocenters. The van der Waals surface area contributed by atoms with E-state index in [0.29, 0.717) is 6.61 Å². The lowest BCUT2D eigenvalue weighted by Gasteiger charge is -2.04. The third kappa shape index (κ3) is 18.3. The van der Waals surface area contributed by atoms with E-state index >= 15 is 0 Å². The zero-order chi connectivity index (χ0) is 14.7. The fourth-order valence-electron chi connectivity index (χ4n) is 2.16. The van der Waals surface area contributed by atoms with E-state index in [0.717, 1.165) is 19.0 Å². The predicted molar refractivity (Wildman–Crippen MR) is 91.9 cm³/mol. The molecule has 2 nitrogen and oxygen atoms in total. The maximum atomic E-state index is 5.43. The van der Waals surface area contributed by atoms with Crippen molar-refractivity contribution in [3.8, 4) is 0 Å². The van der Waals surface area contributed by atoms with Crippen molar-refractivity contribution in [2.24, 2.45) is 0 Å². The van der Waals surface area contributed by atoms with Gasteiger partial charge >= 0.3 is 0 Å². The van der Waals surface area contributed by atoms with Crippen LogP contribution < -0.4 is 0 Å². The Kier molecular flexibility index (Phi) is 19.5. The van der Waals surface area contributed by atoms with E-state index in [4.69, 9.17) is 9.47 Å². The first-order valence-corrected chi connectivity index (χ1v) is 9.71. The van der Waals surface area contributed by atoms with Gasteiger partial charge in [0.1, 0.15) is 0 Å². The van der Waals surface area contributed by atoms with Crippen LogP contribution in [0.4, 0.5) is 0 Å². The molecule has 0 spiro atoms. The summed E-state index contributed by atoms with van der Waals surface area (Å²) in [6.45, 7) is 4.59. The van der Waals surface area contributed by atoms with Crippen molar-refractivity contribution in [2.75, 3.05) is 38.4 Å². The topological polar surface area (TPSA) is 18.5 Å². The number of thioether (sulfide) groups is 1. The summed E-state index contributed by atoms with van der Waals surface area (Å²) < 4.78 is 10.4. The number of ether oxygens (including phenoxy) is 2. The molecule has 0 fully saturated rings. The van der Waals surface area contributed by atoms with Gasteiger partial charge in [-0.15, -0.1) is 0 Å². The molecule has 0 saturated heterocycles. The Morgan fingerprint density at radius 1 is 0.650 bits per heavy atom. The van der Waals surface area contributed by atoms with Crippen LogP contribution >= 0.6 is 11.8 Å². The van der Waals surface area contributed by atoms with Crippen molar-refractivity contribution < 1.29 is 9.47 Å². The number of hydrogen-bond donors (Lipinski definition) is 0. The Morgan fingerprint density at radius 3 is 1.85 bits per heavy atom. The Labute approximate surface area is 131 Å². The van der Waals surface area contributed by atoms with Gasteiger partial charge in [-0.25, -0.2) is 0 Å². The highest BCUT2D eigenvalue weighted by Crippen LogP contribution is 2.12. The fraction of sp³-hybridized carbons (Fsp3) is 1.00. The molecular weight excluding hydrogens is 268 g/mol. The lowest BCUT2D eigenvalue weighted by molar-refractivity contribution is 0.0790. The molecule has 0 aromatic heterocycles. The molecule has 0 rings (SSSR count). The number of methoxy groups -OCH3 is 1. The van der Waals surface area contributed by atoms with E-state index in [1.807, 2.05) is 11.8 Å². The highest BCUT2D eigenvalue weighted by Gasteiger charge is 1.94. The first-order valence-electron chi connectivity index (χ1n) is 8.56. The van der Waals surface area contributed by atoms with Crippen molar-refractivity contribution in [3.63, 3.8) is 0 Å². The molecular formula is C17H36O2S. The van der Waals surface area contributed by atoms with Gasteiger partial charge in [0.15, 0.2) is 0 Å². The van der Waals surface area contributed by atoms with Crippen LogP contribution in [0.3, 0.4) is 0 Å². The van der Waals surface area contributed by atoms with Crippen molar-refractivity contribution in [3.05, 3.63) is 0 Å². The summed E-state index contributed by atoms with van der Waals surface area (Å²) in [6.07, 6.45) is 14.2. The van der Waals surface area contributed by atoms with Crippen LogP contribution in [0.25, 0.3) is 0 Å². The van der Waals surface area contributed by atoms with Crippen LogP contribution in [-0.4, -0.2) is 38.4 Å². The largest absolute Gasteiger partial charge is 0.382 e. The first kappa shape index (κ1) is 20.3. The summed E-state index contributed by atoms with van der Waals surface area (Å²) in [4.78, 5) is 0. The Balaban J connectivity index is 2.89. The van der Waals surface area contributed by atoms with Gasteiger partial charge in [-0.1, -0.05) is 64.7 Å². The smallest absolute Gasteiger partial charge is 0.0700 e. The van der Waals surface area contributed by atoms with Gasteiger partial charge in [-0.2, -0.15) is 11.8 Å². The van der Waals surface area contributed by atoms with Gasteiger partial charge in [-0.3, -0.25) is 0 Å². The SMILES string of the molecule is CCCCCCCCCCCCSCCOCCOC. The lowest BCUT2D eigenvalue weighted by Crippen LogP contribution is -2.04. The summed E-state index contributed by atoms with van der Waals surface area (Å²) in [5.74, 6) is 2.42.